The number of nitrogens with one attached hydrogen (secondary N) is 2. The fourth-order valence-corrected chi connectivity index (χ4v) is 7.85. The summed E-state index contributed by atoms with van der Waals surface area (Å²) >= 11 is 1.56. The molecule has 1 aliphatic carbocycles. The summed E-state index contributed by atoms with van der Waals surface area (Å²) in [6, 6.07) is 22.8. The van der Waals surface area contributed by atoms with Crippen LogP contribution in [0.1, 0.15) is 58.4 Å². The number of benzene rings is 3. The van der Waals surface area contributed by atoms with Gasteiger partial charge >= 0.3 is 0 Å². The van der Waals surface area contributed by atoms with Crippen LogP contribution in [0, 0.1) is 11.8 Å². The van der Waals surface area contributed by atoms with Crippen LogP contribution in [0.25, 0.3) is 10.8 Å². The van der Waals surface area contributed by atoms with Crippen LogP contribution in [0.4, 0.5) is 0 Å². The minimum absolute atomic E-state index is 0.0232. The summed E-state index contributed by atoms with van der Waals surface area (Å²) in [7, 11) is 0. The summed E-state index contributed by atoms with van der Waals surface area (Å²) in [6.07, 6.45) is 5.18. The van der Waals surface area contributed by atoms with Crippen molar-refractivity contribution in [1.82, 2.24) is 15.5 Å². The fraction of sp³-hybridized carbons (Fsp3) is 0.514. The number of likely N-dealkylation sites (tertiary alicyclic amines) is 1. The van der Waals surface area contributed by atoms with E-state index in [4.69, 9.17) is 5.73 Å². The van der Waals surface area contributed by atoms with Gasteiger partial charge in [0, 0.05) is 29.3 Å². The maximum absolute atomic E-state index is 13.5. The number of amides is 2. The third kappa shape index (κ3) is 9.32. The Balaban J connectivity index is 1.27. The first-order chi connectivity index (χ1) is 21.6. The molecule has 5 rings (SSSR count). The highest BCUT2D eigenvalue weighted by Crippen LogP contribution is 2.39. The van der Waals surface area contributed by atoms with E-state index in [2.05, 4.69) is 45.9 Å². The van der Waals surface area contributed by atoms with Gasteiger partial charge in [0.2, 0.25) is 11.8 Å². The van der Waals surface area contributed by atoms with E-state index in [0.29, 0.717) is 30.6 Å². The van der Waals surface area contributed by atoms with Crippen molar-refractivity contribution in [2.24, 2.45) is 17.6 Å². The highest BCUT2D eigenvalue weighted by atomic mass is 32.2. The van der Waals surface area contributed by atoms with Gasteiger partial charge in [0.1, 0.15) is 0 Å². The molecule has 2 fully saturated rings. The summed E-state index contributed by atoms with van der Waals surface area (Å²) in [5, 5.41) is 20.4. The van der Waals surface area contributed by atoms with Crippen LogP contribution in [-0.2, 0) is 16.0 Å². The van der Waals surface area contributed by atoms with Crippen LogP contribution < -0.4 is 16.4 Å². The molecule has 2 aliphatic rings. The number of piperidine rings is 1. The topological polar surface area (TPSA) is 108 Å². The van der Waals surface area contributed by atoms with E-state index < -0.39 is 18.2 Å². The molecular formula is C37H50N4O3S. The van der Waals surface area contributed by atoms with E-state index >= 15 is 0 Å². The Hall–Kier alpha value is -2.91. The molecule has 1 saturated heterocycles. The largest absolute Gasteiger partial charge is 0.390 e. The van der Waals surface area contributed by atoms with Gasteiger partial charge in [-0.15, -0.1) is 11.8 Å². The van der Waals surface area contributed by atoms with Crippen molar-refractivity contribution >= 4 is 34.3 Å². The lowest BCUT2D eigenvalue weighted by atomic mass is 9.72. The van der Waals surface area contributed by atoms with Crippen molar-refractivity contribution in [2.45, 2.75) is 94.0 Å². The zero-order valence-corrected chi connectivity index (χ0v) is 27.8. The van der Waals surface area contributed by atoms with Crippen LogP contribution in [0.15, 0.2) is 77.7 Å². The first-order valence-electron chi connectivity index (χ1n) is 16.5. The molecule has 242 valence electrons. The Labute approximate surface area is 272 Å². The first kappa shape index (κ1) is 33.5. The van der Waals surface area contributed by atoms with Gasteiger partial charge in [0.15, 0.2) is 0 Å². The van der Waals surface area contributed by atoms with Crippen molar-refractivity contribution in [2.75, 3.05) is 18.8 Å². The van der Waals surface area contributed by atoms with Crippen molar-refractivity contribution in [1.29, 1.82) is 0 Å². The minimum Gasteiger partial charge on any atom is -0.390 e. The summed E-state index contributed by atoms with van der Waals surface area (Å²) in [6.45, 7) is 7.11. The molecule has 0 aromatic heterocycles. The summed E-state index contributed by atoms with van der Waals surface area (Å²) in [5.74, 6) is 1.24. The Morgan fingerprint density at radius 1 is 0.978 bits per heavy atom. The zero-order valence-electron chi connectivity index (χ0n) is 27.0. The normalized spacial score (nSPS) is 22.6. The highest BCUT2D eigenvalue weighted by molar-refractivity contribution is 7.99. The quantitative estimate of drug-likeness (QED) is 0.219. The molecule has 7 nitrogen and oxygen atoms in total. The molecule has 1 heterocycles. The fourth-order valence-electron chi connectivity index (χ4n) is 6.95. The third-order valence-electron chi connectivity index (χ3n) is 9.30. The van der Waals surface area contributed by atoms with Gasteiger partial charge < -0.3 is 21.5 Å². The van der Waals surface area contributed by atoms with E-state index in [0.717, 1.165) is 28.8 Å². The van der Waals surface area contributed by atoms with Crippen molar-refractivity contribution in [3.63, 3.8) is 0 Å². The van der Waals surface area contributed by atoms with Gasteiger partial charge in [-0.2, -0.15) is 0 Å². The molecule has 8 heteroatoms. The van der Waals surface area contributed by atoms with Crippen LogP contribution in [0.3, 0.4) is 0 Å². The number of carbonyl (C=O) groups is 2. The second-order valence-corrected chi connectivity index (χ2v) is 15.1. The van der Waals surface area contributed by atoms with Crippen LogP contribution >= 0.6 is 11.8 Å². The molecule has 45 heavy (non-hydrogen) atoms. The number of fused-ring (bicyclic) bond motifs is 2. The number of thioether (sulfide) groups is 1. The van der Waals surface area contributed by atoms with Gasteiger partial charge in [0.05, 0.1) is 24.2 Å². The molecule has 3 aromatic carbocycles. The number of β-amino-alcohol motifs (C(OH)–C–C–N with tert-alkyl or cyclic N) is 1. The number of aliphatic hydroxyl groups excluding tert-OH is 1. The maximum Gasteiger partial charge on any atom is 0.238 e. The number of rotatable bonds is 11. The van der Waals surface area contributed by atoms with Gasteiger partial charge in [0.25, 0.3) is 0 Å². The highest BCUT2D eigenvalue weighted by Gasteiger charge is 2.41. The Morgan fingerprint density at radius 2 is 1.67 bits per heavy atom. The second-order valence-electron chi connectivity index (χ2n) is 14.0. The maximum atomic E-state index is 13.5. The van der Waals surface area contributed by atoms with E-state index in [-0.39, 0.29) is 23.4 Å². The van der Waals surface area contributed by atoms with Gasteiger partial charge in [-0.25, -0.2) is 0 Å². The predicted octanol–water partition coefficient (Wildman–Crippen LogP) is 5.14. The van der Waals surface area contributed by atoms with Gasteiger partial charge in [-0.3, -0.25) is 14.5 Å². The SMILES string of the molecule is CC(C)(C)NC(=O)C1C[C@@H]2CCCC[C@@H]2CN1C[C@@H](O)[C@H](Cc1ccccc1)NC(=O)[C@H](N)CSc1ccc2ccccc2c1. The summed E-state index contributed by atoms with van der Waals surface area (Å²) < 4.78 is 0. The molecule has 6 atom stereocenters. The van der Waals surface area contributed by atoms with E-state index in [9.17, 15) is 14.7 Å². The molecule has 2 amide bonds. The summed E-state index contributed by atoms with van der Waals surface area (Å²) in [4.78, 5) is 30.2. The number of nitrogens with zero attached hydrogens (tertiary/aromatic N) is 1. The van der Waals surface area contributed by atoms with Crippen LogP contribution in [0.5, 0.6) is 0 Å². The zero-order chi connectivity index (χ0) is 32.0. The molecule has 1 saturated carbocycles. The molecule has 0 spiro atoms. The minimum atomic E-state index is -0.875. The average Bonchev–Trinajstić information content (AvgIpc) is 3.02. The number of hydrogen-bond acceptors (Lipinski definition) is 6. The van der Waals surface area contributed by atoms with Gasteiger partial charge in [-0.1, -0.05) is 79.9 Å². The average molecular weight is 631 g/mol. The number of nitrogens with two attached hydrogens (primary N) is 1. The molecule has 0 radical (unpaired) electrons. The Morgan fingerprint density at radius 3 is 2.40 bits per heavy atom. The van der Waals surface area contributed by atoms with Crippen molar-refractivity contribution in [3.05, 3.63) is 78.4 Å². The molecule has 0 bridgehead atoms. The smallest absolute Gasteiger partial charge is 0.238 e. The van der Waals surface area contributed by atoms with E-state index in [1.54, 1.807) is 11.8 Å². The van der Waals surface area contributed by atoms with Gasteiger partial charge in [-0.05, 0) is 80.3 Å². The van der Waals surface area contributed by atoms with E-state index in [1.165, 1.54) is 31.1 Å². The molecule has 5 N–H and O–H groups in total. The van der Waals surface area contributed by atoms with Crippen LogP contribution in [0.2, 0.25) is 0 Å². The molecule has 3 aromatic rings. The van der Waals surface area contributed by atoms with Crippen molar-refractivity contribution < 1.29 is 14.7 Å². The lowest BCUT2D eigenvalue weighted by molar-refractivity contribution is -0.133. The lowest BCUT2D eigenvalue weighted by Gasteiger charge is -2.47. The molecule has 1 aliphatic heterocycles. The Bertz CT molecular complexity index is 1430. The lowest BCUT2D eigenvalue weighted by Crippen LogP contribution is -2.61. The number of carbonyl (C=O) groups excluding carboxylic acids is 2. The molecular weight excluding hydrogens is 580 g/mol. The van der Waals surface area contributed by atoms with E-state index in [1.807, 2.05) is 63.2 Å². The molecule has 1 unspecified atom stereocenters. The summed E-state index contributed by atoms with van der Waals surface area (Å²) in [5.41, 5.74) is 7.10. The monoisotopic (exact) mass is 630 g/mol. The van der Waals surface area contributed by atoms with Crippen molar-refractivity contribution in [3.8, 4) is 0 Å². The second kappa shape index (κ2) is 15.1. The third-order valence-corrected chi connectivity index (χ3v) is 10.4. The first-order valence-corrected chi connectivity index (χ1v) is 17.5. The Kier molecular flexibility index (Phi) is 11.2. The number of aliphatic hydroxyl groups is 1. The number of hydrogen-bond donors (Lipinski definition) is 4. The van der Waals surface area contributed by atoms with Crippen LogP contribution in [-0.4, -0.2) is 70.4 Å². The standard InChI is InChI=1S/C37H50N4O3S/c1-37(2,3)40-36(44)33-21-28-15-9-10-16-29(28)22-41(33)23-34(42)32(19-25-11-5-4-6-12-25)39-35(43)31(38)24-45-30-18-17-26-13-7-8-14-27(26)20-30/h4-8,11-14,17-18,20,28-29,31-34,42H,9-10,15-16,19,21-24,38H2,1-3H3,(H,39,43)(H,40,44)/t28-,29+,31+,32-,33?,34+/m0/s1. The predicted molar refractivity (Wildman–Crippen MR) is 184 cm³/mol.